The van der Waals surface area contributed by atoms with Crippen molar-refractivity contribution in [3.8, 4) is 0 Å². The Morgan fingerprint density at radius 1 is 1.62 bits per heavy atom. The molecule has 8 heavy (non-hydrogen) atoms. The Hall–Kier alpha value is 0.270. The lowest BCUT2D eigenvalue weighted by Gasteiger charge is -2.05. The van der Waals surface area contributed by atoms with Gasteiger partial charge in [0.2, 0.25) is 0 Å². The van der Waals surface area contributed by atoms with Crippen LogP contribution in [0.15, 0.2) is 0 Å². The maximum atomic E-state index is 10.6. The van der Waals surface area contributed by atoms with Crippen molar-refractivity contribution in [1.82, 2.24) is 5.73 Å². The summed E-state index contributed by atoms with van der Waals surface area (Å²) in [5.41, 5.74) is 6.74. The van der Waals surface area contributed by atoms with Crippen LogP contribution in [0.1, 0.15) is 13.3 Å². The molecular weight excluding hydrogens is 122 g/mol. The Morgan fingerprint density at radius 3 is 2.62 bits per heavy atom. The molecule has 1 radical (unpaired) electrons. The highest BCUT2D eigenvalue weighted by Crippen LogP contribution is 1.90. The van der Waals surface area contributed by atoms with Crippen LogP contribution in [-0.4, -0.2) is 22.6 Å². The zero-order chi connectivity index (χ0) is 6.41. The van der Waals surface area contributed by atoms with Crippen LogP contribution in [0, 0.1) is 0 Å². The van der Waals surface area contributed by atoms with Gasteiger partial charge in [-0.25, -0.2) is 0 Å². The maximum absolute atomic E-state index is 10.6. The summed E-state index contributed by atoms with van der Waals surface area (Å²) in [4.78, 5) is 0. The second-order valence-electron chi connectivity index (χ2n) is 1.54. The molecule has 0 aromatic rings. The van der Waals surface area contributed by atoms with E-state index >= 15 is 0 Å². The predicted molar refractivity (Wildman–Crippen MR) is 36.1 cm³/mol. The molecule has 0 rings (SSSR count). The van der Waals surface area contributed by atoms with E-state index in [4.69, 9.17) is 5.73 Å². The van der Waals surface area contributed by atoms with Gasteiger partial charge in [0.15, 0.2) is 0 Å². The first kappa shape index (κ1) is 8.27. The molecule has 0 aromatic heterocycles. The standard InChI is InChI=1S/C5H12NOS/c1-2-8(7)5-3-4-6/h6H,2-5H2,1H3. The zero-order valence-electron chi connectivity index (χ0n) is 5.14. The van der Waals surface area contributed by atoms with Crippen molar-refractivity contribution in [3.63, 3.8) is 0 Å². The molecule has 1 atom stereocenters. The maximum Gasteiger partial charge on any atom is 0.106 e. The molecule has 0 saturated heterocycles. The van der Waals surface area contributed by atoms with Crippen molar-refractivity contribution in [1.29, 1.82) is 0 Å². The van der Waals surface area contributed by atoms with Crippen molar-refractivity contribution >= 4 is 11.2 Å². The molecule has 0 aromatic carbocycles. The monoisotopic (exact) mass is 134 g/mol. The molecule has 0 heterocycles. The lowest BCUT2D eigenvalue weighted by molar-refractivity contribution is 0.593. The Bertz CT molecular complexity index is 51.7. The predicted octanol–water partition coefficient (Wildman–Crippen LogP) is 0.428. The molecule has 0 spiro atoms. The van der Waals surface area contributed by atoms with Gasteiger partial charge >= 0.3 is 0 Å². The minimum absolute atomic E-state index is 0.408. The largest absolute Gasteiger partial charge is 0.616 e. The van der Waals surface area contributed by atoms with Crippen LogP contribution in [0.3, 0.4) is 0 Å². The summed E-state index contributed by atoms with van der Waals surface area (Å²) in [5, 5.41) is 0. The highest BCUT2D eigenvalue weighted by atomic mass is 32.2. The van der Waals surface area contributed by atoms with Gasteiger partial charge in [-0.1, -0.05) is 11.2 Å². The van der Waals surface area contributed by atoms with E-state index in [1.54, 1.807) is 0 Å². The first-order chi connectivity index (χ1) is 3.81. The Kier molecular flexibility index (Phi) is 5.59. The van der Waals surface area contributed by atoms with Gasteiger partial charge in [-0.15, -0.1) is 0 Å². The van der Waals surface area contributed by atoms with E-state index in [-0.39, 0.29) is 0 Å². The van der Waals surface area contributed by atoms with Crippen LogP contribution in [0.25, 0.3) is 0 Å². The fraction of sp³-hybridized carbons (Fsp3) is 1.00. The average molecular weight is 134 g/mol. The Balaban J connectivity index is 2.86. The fourth-order valence-electron chi connectivity index (χ4n) is 0.377. The van der Waals surface area contributed by atoms with Gasteiger partial charge in [0.25, 0.3) is 0 Å². The molecule has 0 amide bonds. The molecule has 2 nitrogen and oxygen atoms in total. The summed E-state index contributed by atoms with van der Waals surface area (Å²) in [5.74, 6) is 1.44. The van der Waals surface area contributed by atoms with E-state index in [9.17, 15) is 4.55 Å². The Labute approximate surface area is 53.6 Å². The van der Waals surface area contributed by atoms with Gasteiger partial charge in [-0.05, 0) is 6.92 Å². The molecule has 0 aliphatic rings. The van der Waals surface area contributed by atoms with Crippen LogP contribution in [0.5, 0.6) is 0 Å². The normalized spacial score (nSPS) is 13.9. The number of nitrogens with one attached hydrogen (secondary N) is 1. The number of rotatable bonds is 4. The molecule has 3 heteroatoms. The van der Waals surface area contributed by atoms with Gasteiger partial charge in [0, 0.05) is 13.0 Å². The molecule has 1 N–H and O–H groups in total. The lowest BCUT2D eigenvalue weighted by atomic mass is 10.5. The summed E-state index contributed by atoms with van der Waals surface area (Å²) in [7, 11) is 0. The smallest absolute Gasteiger partial charge is 0.106 e. The minimum Gasteiger partial charge on any atom is -0.616 e. The van der Waals surface area contributed by atoms with Crippen molar-refractivity contribution in [2.24, 2.45) is 0 Å². The minimum atomic E-state index is -0.647. The first-order valence-electron chi connectivity index (χ1n) is 2.80. The third kappa shape index (κ3) is 4.43. The zero-order valence-corrected chi connectivity index (χ0v) is 5.96. The van der Waals surface area contributed by atoms with Crippen LogP contribution in [-0.2, 0) is 11.2 Å². The van der Waals surface area contributed by atoms with Crippen molar-refractivity contribution < 1.29 is 4.55 Å². The van der Waals surface area contributed by atoms with Crippen LogP contribution < -0.4 is 5.73 Å². The fourth-order valence-corrected chi connectivity index (χ4v) is 1.13. The summed E-state index contributed by atoms with van der Waals surface area (Å²) < 4.78 is 10.6. The van der Waals surface area contributed by atoms with Gasteiger partial charge in [-0.2, -0.15) is 0 Å². The van der Waals surface area contributed by atoms with Gasteiger partial charge < -0.3 is 4.55 Å². The number of hydrogen-bond donors (Lipinski definition) is 0. The van der Waals surface area contributed by atoms with Crippen LogP contribution >= 0.6 is 0 Å². The summed E-state index contributed by atoms with van der Waals surface area (Å²) in [6.45, 7) is 2.31. The topological polar surface area (TPSA) is 46.9 Å². The number of hydrogen-bond acceptors (Lipinski definition) is 1. The highest BCUT2D eigenvalue weighted by Gasteiger charge is 1.98. The summed E-state index contributed by atoms with van der Waals surface area (Å²) in [6, 6.07) is 0. The van der Waals surface area contributed by atoms with Gasteiger partial charge in [-0.3, -0.25) is 5.73 Å². The van der Waals surface area contributed by atoms with E-state index in [2.05, 4.69) is 0 Å². The second-order valence-corrected chi connectivity index (χ2v) is 3.40. The van der Waals surface area contributed by atoms with Crippen LogP contribution in [0.4, 0.5) is 0 Å². The van der Waals surface area contributed by atoms with E-state index in [0.29, 0.717) is 12.3 Å². The first-order valence-corrected chi connectivity index (χ1v) is 4.29. The SMILES string of the molecule is CC[S+]([O-])CCC[NH]. The van der Waals surface area contributed by atoms with Crippen molar-refractivity contribution in [2.45, 2.75) is 13.3 Å². The molecule has 0 aliphatic carbocycles. The average Bonchev–Trinajstić information content (AvgIpc) is 1.83. The third-order valence-corrected chi connectivity index (χ3v) is 2.26. The summed E-state index contributed by atoms with van der Waals surface area (Å²) >= 11 is -0.647. The van der Waals surface area contributed by atoms with E-state index in [1.165, 1.54) is 0 Å². The molecule has 0 fully saturated rings. The van der Waals surface area contributed by atoms with Crippen molar-refractivity contribution in [2.75, 3.05) is 18.1 Å². The molecule has 0 aliphatic heterocycles. The molecule has 0 saturated carbocycles. The Morgan fingerprint density at radius 2 is 2.25 bits per heavy atom. The molecule has 49 valence electrons. The van der Waals surface area contributed by atoms with E-state index in [0.717, 1.165) is 12.2 Å². The molecular formula is C5H12NOS. The molecule has 1 unspecified atom stereocenters. The van der Waals surface area contributed by atoms with Crippen LogP contribution in [0.2, 0.25) is 0 Å². The van der Waals surface area contributed by atoms with Gasteiger partial charge in [0.1, 0.15) is 11.5 Å². The van der Waals surface area contributed by atoms with E-state index < -0.39 is 11.2 Å². The highest BCUT2D eigenvalue weighted by molar-refractivity contribution is 7.91. The second kappa shape index (κ2) is 5.41. The van der Waals surface area contributed by atoms with E-state index in [1.807, 2.05) is 6.92 Å². The molecule has 0 bridgehead atoms. The van der Waals surface area contributed by atoms with Gasteiger partial charge in [0.05, 0.1) is 0 Å². The third-order valence-electron chi connectivity index (χ3n) is 0.871. The summed E-state index contributed by atoms with van der Waals surface area (Å²) in [6.07, 6.45) is 0.778. The van der Waals surface area contributed by atoms with Crippen molar-refractivity contribution in [3.05, 3.63) is 0 Å². The quantitative estimate of drug-likeness (QED) is 0.514. The lowest BCUT2D eigenvalue weighted by Crippen LogP contribution is -2.09.